The molecule has 0 atom stereocenters. The summed E-state index contributed by atoms with van der Waals surface area (Å²) in [5.41, 5.74) is 23.2. The normalized spacial score (nSPS) is 14.7. The summed E-state index contributed by atoms with van der Waals surface area (Å²) in [5.74, 6) is -2.45. The SMILES string of the molecule is [2H]C(C)(C)c1ccc2c(c1)c1cc(C([2H])(C)C)cc3c1n2-c1cc(-n2c4cccc5c4c4c6c(cccc6ccc42)-c2ccccc2-5)cc2c1B3c1cc(C(C)(C)C)cc3c4cc(C([2H])(C)C)ccc4n-2c13. The average molecular weight is 891 g/mol. The lowest BCUT2D eigenvalue weighted by molar-refractivity contribution is 0.591. The summed E-state index contributed by atoms with van der Waals surface area (Å²) < 4.78 is 35.7. The van der Waals surface area contributed by atoms with Crippen LogP contribution in [0.3, 0.4) is 0 Å². The van der Waals surface area contributed by atoms with E-state index in [1.54, 1.807) is 0 Å². The highest BCUT2D eigenvalue weighted by Crippen LogP contribution is 2.51. The highest BCUT2D eigenvalue weighted by atomic mass is 15.1. The van der Waals surface area contributed by atoms with Gasteiger partial charge in [-0.3, -0.25) is 0 Å². The first kappa shape index (κ1) is 36.7. The van der Waals surface area contributed by atoms with E-state index >= 15 is 0 Å². The Bertz CT molecular complexity index is 4320. The van der Waals surface area contributed by atoms with Crippen molar-refractivity contribution >= 4 is 99.3 Å². The Balaban J connectivity index is 1.17. The van der Waals surface area contributed by atoms with Gasteiger partial charge in [0.2, 0.25) is 0 Å². The van der Waals surface area contributed by atoms with Crippen molar-refractivity contribution in [3.8, 4) is 39.3 Å². The van der Waals surface area contributed by atoms with Crippen LogP contribution in [-0.2, 0) is 5.41 Å². The Morgan fingerprint density at radius 3 is 1.57 bits per heavy atom. The monoisotopic (exact) mass is 890 g/mol. The quantitative estimate of drug-likeness (QED) is 0.156. The topological polar surface area (TPSA) is 14.8 Å². The molecule has 1 aliphatic carbocycles. The van der Waals surface area contributed by atoms with Crippen LogP contribution in [0.1, 0.15) is 106 Å². The predicted molar refractivity (Wildman–Crippen MR) is 297 cm³/mol. The second kappa shape index (κ2) is 13.3. The number of rotatable bonds is 4. The molecule has 2 aliphatic heterocycles. The van der Waals surface area contributed by atoms with Gasteiger partial charge in [-0.25, -0.2) is 0 Å². The summed E-state index contributed by atoms with van der Waals surface area (Å²) in [6, 6.07) is 55.1. The molecule has 3 nitrogen and oxygen atoms in total. The second-order valence-corrected chi connectivity index (χ2v) is 22.1. The van der Waals surface area contributed by atoms with E-state index in [-0.39, 0.29) is 12.1 Å². The van der Waals surface area contributed by atoms with Crippen LogP contribution >= 0.6 is 0 Å². The molecule has 332 valence electrons. The molecule has 9 aromatic carbocycles. The van der Waals surface area contributed by atoms with Gasteiger partial charge in [-0.1, -0.05) is 147 Å². The molecule has 0 unspecified atom stereocenters. The van der Waals surface area contributed by atoms with Gasteiger partial charge in [-0.2, -0.15) is 0 Å². The fourth-order valence-corrected chi connectivity index (χ4v) is 13.1. The summed E-state index contributed by atoms with van der Waals surface area (Å²) in [4.78, 5) is 0. The van der Waals surface area contributed by atoms with Gasteiger partial charge in [0.15, 0.2) is 0 Å². The minimum absolute atomic E-state index is 0.148. The van der Waals surface area contributed by atoms with Crippen LogP contribution in [0.2, 0.25) is 0 Å². The summed E-state index contributed by atoms with van der Waals surface area (Å²) in [7, 11) is 0. The lowest BCUT2D eigenvalue weighted by Gasteiger charge is -2.35. The fraction of sp³-hybridized carbons (Fsp3) is 0.200. The molecule has 0 spiro atoms. The van der Waals surface area contributed by atoms with Crippen molar-refractivity contribution < 1.29 is 4.11 Å². The smallest absolute Gasteiger partial charge is 0.252 e. The molecule has 0 saturated carbocycles. The van der Waals surface area contributed by atoms with Gasteiger partial charge in [0.1, 0.15) is 0 Å². The van der Waals surface area contributed by atoms with Crippen LogP contribution in [0, 0.1) is 0 Å². The van der Waals surface area contributed by atoms with Crippen molar-refractivity contribution in [2.24, 2.45) is 0 Å². The maximum atomic E-state index is 9.61. The first-order valence-electron chi connectivity index (χ1n) is 26.3. The van der Waals surface area contributed by atoms with Gasteiger partial charge in [0, 0.05) is 58.8 Å². The maximum Gasteiger partial charge on any atom is 0.252 e. The highest BCUT2D eigenvalue weighted by Gasteiger charge is 2.43. The lowest BCUT2D eigenvalue weighted by Crippen LogP contribution is -2.59. The van der Waals surface area contributed by atoms with Gasteiger partial charge in [-0.15, -0.1) is 0 Å². The summed E-state index contributed by atoms with van der Waals surface area (Å²) >= 11 is 0. The van der Waals surface area contributed by atoms with E-state index in [9.17, 15) is 4.11 Å². The third-order valence-electron chi connectivity index (χ3n) is 16.5. The zero-order valence-electron chi connectivity index (χ0n) is 43.8. The first-order valence-corrected chi connectivity index (χ1v) is 24.8. The molecular weight excluding hydrogens is 834 g/mol. The number of fused-ring (bicyclic) bond motifs is 13. The van der Waals surface area contributed by atoms with Crippen LogP contribution in [-0.4, -0.2) is 20.4 Å². The Kier molecular flexibility index (Phi) is 7.06. The van der Waals surface area contributed by atoms with Crippen LogP contribution in [0.5, 0.6) is 0 Å². The van der Waals surface area contributed by atoms with Gasteiger partial charge in [-0.05, 0) is 155 Å². The van der Waals surface area contributed by atoms with Crippen molar-refractivity contribution in [3.05, 3.63) is 168 Å². The molecular formula is C65H54BN3. The minimum Gasteiger partial charge on any atom is -0.310 e. The Hall–Kier alpha value is -7.30. The first-order chi connectivity index (χ1) is 34.3. The molecule has 0 amide bonds. The molecule has 69 heavy (non-hydrogen) atoms. The molecule has 15 rings (SSSR count). The van der Waals surface area contributed by atoms with Gasteiger partial charge in [0.05, 0.1) is 27.8 Å². The molecule has 12 aromatic rings. The predicted octanol–water partition coefficient (Wildman–Crippen LogP) is 15.6. The fourth-order valence-electron chi connectivity index (χ4n) is 13.1. The largest absolute Gasteiger partial charge is 0.310 e. The zero-order chi connectivity index (χ0) is 49.4. The second-order valence-electron chi connectivity index (χ2n) is 22.1. The van der Waals surface area contributed by atoms with Crippen molar-refractivity contribution in [1.82, 2.24) is 13.7 Å². The van der Waals surface area contributed by atoms with Gasteiger partial charge in [0.25, 0.3) is 6.71 Å². The number of hydrogen-bond acceptors (Lipinski definition) is 0. The number of nitrogens with zero attached hydrogens (tertiary/aromatic N) is 3. The van der Waals surface area contributed by atoms with E-state index in [1.807, 2.05) is 41.5 Å². The Labute approximate surface area is 407 Å². The molecule has 0 fully saturated rings. The van der Waals surface area contributed by atoms with Gasteiger partial charge >= 0.3 is 0 Å². The average Bonchev–Trinajstić information content (AvgIpc) is 3.95. The van der Waals surface area contributed by atoms with Crippen LogP contribution < -0.4 is 16.4 Å². The van der Waals surface area contributed by atoms with Crippen molar-refractivity contribution in [1.29, 1.82) is 0 Å². The summed E-state index contributed by atoms with van der Waals surface area (Å²) in [5, 5.41) is 9.68. The van der Waals surface area contributed by atoms with E-state index in [1.165, 1.54) is 93.2 Å². The lowest BCUT2D eigenvalue weighted by atomic mass is 9.34. The minimum atomic E-state index is -0.869. The van der Waals surface area contributed by atoms with E-state index in [4.69, 9.17) is 0 Å². The third-order valence-corrected chi connectivity index (χ3v) is 16.5. The van der Waals surface area contributed by atoms with Crippen LogP contribution in [0.15, 0.2) is 146 Å². The molecule has 0 N–H and O–H groups in total. The Morgan fingerprint density at radius 1 is 0.435 bits per heavy atom. The third kappa shape index (κ3) is 4.99. The standard InChI is InChI=1S/C65H54BN3/c1-34(2)38-21-23-53-47(26-38)49-28-40(36(5)6)29-51-63(49)68(53)57-32-42(67-55-19-13-18-46-44-16-11-10-15-43(44)45-17-12-14-37-20-25-56(67)61(59(37)45)60(46)55)33-58-62(57)66(51)52-31-41(65(7,8)9)30-50-48-27-39(35(3)4)22-24-54(48)69(58)64(50)52/h10-36H,1-9H3/i34D,35D,36D. The summed E-state index contributed by atoms with van der Waals surface area (Å²) in [6.07, 6.45) is 0. The van der Waals surface area contributed by atoms with Crippen LogP contribution in [0.25, 0.3) is 116 Å². The van der Waals surface area contributed by atoms with Crippen molar-refractivity contribution in [2.75, 3.05) is 0 Å². The maximum absolute atomic E-state index is 9.61. The van der Waals surface area contributed by atoms with E-state index in [2.05, 4.69) is 180 Å². The molecule has 3 aromatic heterocycles. The van der Waals surface area contributed by atoms with Crippen molar-refractivity contribution in [2.45, 2.75) is 85.4 Å². The van der Waals surface area contributed by atoms with Crippen molar-refractivity contribution in [3.63, 3.8) is 0 Å². The van der Waals surface area contributed by atoms with E-state index in [0.717, 1.165) is 60.9 Å². The van der Waals surface area contributed by atoms with Crippen LogP contribution in [0.4, 0.5) is 0 Å². The molecule has 4 heteroatoms. The Morgan fingerprint density at radius 2 is 0.957 bits per heavy atom. The zero-order valence-corrected chi connectivity index (χ0v) is 40.8. The highest BCUT2D eigenvalue weighted by molar-refractivity contribution is 7.00. The summed E-state index contributed by atoms with van der Waals surface area (Å²) in [6.45, 7) is 18.8. The molecule has 0 bridgehead atoms. The number of aromatic nitrogens is 3. The number of benzene rings is 9. The van der Waals surface area contributed by atoms with E-state index < -0.39 is 17.7 Å². The molecule has 0 radical (unpaired) electrons. The van der Waals surface area contributed by atoms with Gasteiger partial charge < -0.3 is 13.7 Å². The molecule has 5 heterocycles. The number of hydrogen-bond donors (Lipinski definition) is 0. The van der Waals surface area contributed by atoms with E-state index in [0.29, 0.717) is 0 Å². The molecule has 3 aliphatic rings. The molecule has 0 saturated heterocycles.